The number of anilines is 1. The van der Waals surface area contributed by atoms with Gasteiger partial charge in [0, 0.05) is 68.7 Å². The standard InChI is InChI=1S/C43H47Cl2FN6O3/c1-26(2)52-18-10-27-21-34(47-22-29(27)23-52)32(46)20-28-6-4-7-30(37(28)44)31-8-5-9-33(38(31)45)49-40(53)39-48-35-24-51(17-11-36(35)50(39)3)19-16-42-12-14-43(25-42,15-13-42)41(54)55/h4-9,20-22,26H,10-19,23-25H2,1-3H3,(H,49,53)(H,54,55)/b32-20-. The molecule has 0 saturated heterocycles. The molecule has 2 fully saturated rings. The summed E-state index contributed by atoms with van der Waals surface area (Å²) in [6.45, 7) is 8.50. The molecule has 0 unspecified atom stereocenters. The average molecular weight is 786 g/mol. The minimum atomic E-state index is -0.627. The van der Waals surface area contributed by atoms with Crippen LogP contribution in [-0.2, 0) is 37.8 Å². The van der Waals surface area contributed by atoms with Crippen LogP contribution >= 0.6 is 23.2 Å². The van der Waals surface area contributed by atoms with Crippen LogP contribution in [0.25, 0.3) is 23.0 Å². The molecule has 9 nitrogen and oxygen atoms in total. The van der Waals surface area contributed by atoms with E-state index in [9.17, 15) is 14.7 Å². The van der Waals surface area contributed by atoms with E-state index in [0.717, 1.165) is 100 Å². The number of aromatic nitrogens is 3. The first-order valence-corrected chi connectivity index (χ1v) is 20.1. The number of carboxylic acid groups (broad SMARTS) is 1. The fourth-order valence-electron chi connectivity index (χ4n) is 9.46. The first-order chi connectivity index (χ1) is 26.3. The van der Waals surface area contributed by atoms with Gasteiger partial charge in [0.15, 0.2) is 5.82 Å². The number of imidazole rings is 1. The zero-order valence-corrected chi connectivity index (χ0v) is 33.1. The third kappa shape index (κ3) is 7.11. The molecule has 2 N–H and O–H groups in total. The highest BCUT2D eigenvalue weighted by atomic mass is 35.5. The number of rotatable bonds is 10. The number of hydrogen-bond donors (Lipinski definition) is 2. The number of halogens is 3. The van der Waals surface area contributed by atoms with Crippen molar-refractivity contribution in [2.24, 2.45) is 17.9 Å². The van der Waals surface area contributed by atoms with Crippen LogP contribution in [0.4, 0.5) is 10.1 Å². The lowest BCUT2D eigenvalue weighted by Gasteiger charge is -2.32. The van der Waals surface area contributed by atoms with Gasteiger partial charge in [-0.1, -0.05) is 53.5 Å². The molecule has 4 aliphatic rings. The maximum absolute atomic E-state index is 15.7. The molecule has 8 rings (SSSR count). The molecular weight excluding hydrogens is 738 g/mol. The van der Waals surface area contributed by atoms with E-state index in [0.29, 0.717) is 50.8 Å². The summed E-state index contributed by atoms with van der Waals surface area (Å²) in [5.41, 5.74) is 6.17. The fraction of sp³-hybridized carbons (Fsp3) is 0.442. The van der Waals surface area contributed by atoms with Gasteiger partial charge in [-0.2, -0.15) is 0 Å². The Hall–Kier alpha value is -4.09. The quantitative estimate of drug-likeness (QED) is 0.165. The molecule has 2 saturated carbocycles. The number of pyridine rings is 1. The van der Waals surface area contributed by atoms with Crippen LogP contribution < -0.4 is 5.32 Å². The van der Waals surface area contributed by atoms with E-state index in [1.54, 1.807) is 30.5 Å². The average Bonchev–Trinajstić information content (AvgIpc) is 3.86. The van der Waals surface area contributed by atoms with Crippen LogP contribution in [0.5, 0.6) is 0 Å². The second-order valence-corrected chi connectivity index (χ2v) is 17.2. The van der Waals surface area contributed by atoms with Gasteiger partial charge < -0.3 is 15.0 Å². The number of amides is 1. The molecule has 1 amide bonds. The lowest BCUT2D eigenvalue weighted by Crippen LogP contribution is -2.36. The van der Waals surface area contributed by atoms with Crippen LogP contribution in [0.1, 0.15) is 96.8 Å². The molecular formula is C43H47Cl2FN6O3. The number of aliphatic carboxylic acids is 1. The number of nitrogens with zero attached hydrogens (tertiary/aromatic N) is 5. The molecule has 12 heteroatoms. The summed E-state index contributed by atoms with van der Waals surface area (Å²) in [7, 11) is 1.87. The van der Waals surface area contributed by atoms with Crippen LogP contribution in [0.3, 0.4) is 0 Å². The first-order valence-electron chi connectivity index (χ1n) is 19.3. The molecule has 4 aromatic rings. The Labute approximate surface area is 331 Å². The Morgan fingerprint density at radius 3 is 2.47 bits per heavy atom. The van der Waals surface area contributed by atoms with E-state index >= 15 is 4.39 Å². The first kappa shape index (κ1) is 37.8. The van der Waals surface area contributed by atoms with Crippen LogP contribution in [0, 0.1) is 10.8 Å². The number of benzene rings is 2. The summed E-state index contributed by atoms with van der Waals surface area (Å²) < 4.78 is 17.6. The zero-order chi connectivity index (χ0) is 38.6. The molecule has 0 spiro atoms. The van der Waals surface area contributed by atoms with Gasteiger partial charge >= 0.3 is 5.97 Å². The highest BCUT2D eigenvalue weighted by Gasteiger charge is 2.57. The molecule has 55 heavy (non-hydrogen) atoms. The normalized spacial score (nSPS) is 22.6. The second-order valence-electron chi connectivity index (χ2n) is 16.4. The van der Waals surface area contributed by atoms with E-state index in [-0.39, 0.29) is 17.0 Å². The molecule has 2 aromatic heterocycles. The number of fused-ring (bicyclic) bond motifs is 4. The lowest BCUT2D eigenvalue weighted by atomic mass is 9.80. The second kappa shape index (κ2) is 14.8. The summed E-state index contributed by atoms with van der Waals surface area (Å²) >= 11 is 13.9. The number of carbonyl (C=O) groups excluding carboxylic acids is 1. The smallest absolute Gasteiger partial charge is 0.309 e. The van der Waals surface area contributed by atoms with Crippen LogP contribution in [-0.4, -0.2) is 67.0 Å². The van der Waals surface area contributed by atoms with Crippen molar-refractivity contribution in [2.45, 2.75) is 84.3 Å². The van der Waals surface area contributed by atoms with Gasteiger partial charge in [-0.3, -0.25) is 24.4 Å². The maximum atomic E-state index is 15.7. The fourth-order valence-corrected chi connectivity index (χ4v) is 10.0. The lowest BCUT2D eigenvalue weighted by molar-refractivity contribution is -0.148. The summed E-state index contributed by atoms with van der Waals surface area (Å²) in [5.74, 6) is -1.17. The Bertz CT molecular complexity index is 2210. The third-order valence-electron chi connectivity index (χ3n) is 12.9. The van der Waals surface area contributed by atoms with Crippen molar-refractivity contribution in [3.63, 3.8) is 0 Å². The van der Waals surface area contributed by atoms with Crippen LogP contribution in [0.2, 0.25) is 10.0 Å². The minimum Gasteiger partial charge on any atom is -0.481 e. The van der Waals surface area contributed by atoms with Gasteiger partial charge in [0.05, 0.1) is 32.5 Å². The van der Waals surface area contributed by atoms with Crippen molar-refractivity contribution < 1.29 is 19.1 Å². The van der Waals surface area contributed by atoms with Crippen LogP contribution in [0.15, 0.2) is 48.7 Å². The highest BCUT2D eigenvalue weighted by Crippen LogP contribution is 2.63. The predicted molar refractivity (Wildman–Crippen MR) is 215 cm³/mol. The number of hydrogen-bond acceptors (Lipinski definition) is 6. The summed E-state index contributed by atoms with van der Waals surface area (Å²) in [5, 5.41) is 13.4. The predicted octanol–water partition coefficient (Wildman–Crippen LogP) is 9.06. The van der Waals surface area contributed by atoms with E-state index in [1.165, 1.54) is 6.08 Å². The van der Waals surface area contributed by atoms with Crippen molar-refractivity contribution in [1.29, 1.82) is 0 Å². The topological polar surface area (TPSA) is 104 Å². The van der Waals surface area contributed by atoms with E-state index < -0.39 is 17.2 Å². The summed E-state index contributed by atoms with van der Waals surface area (Å²) in [6, 6.07) is 13.0. The van der Waals surface area contributed by atoms with Crippen molar-refractivity contribution >= 4 is 52.7 Å². The number of carboxylic acids is 1. The number of carbonyl (C=O) groups is 2. The van der Waals surface area contributed by atoms with Crippen molar-refractivity contribution in [3.8, 4) is 11.1 Å². The monoisotopic (exact) mass is 784 g/mol. The molecule has 4 heterocycles. The largest absolute Gasteiger partial charge is 0.481 e. The van der Waals surface area contributed by atoms with Gasteiger partial charge in [0.25, 0.3) is 5.91 Å². The van der Waals surface area contributed by atoms with Gasteiger partial charge in [0.1, 0.15) is 5.83 Å². The van der Waals surface area contributed by atoms with Crippen molar-refractivity contribution in [2.75, 3.05) is 25.0 Å². The van der Waals surface area contributed by atoms with Gasteiger partial charge in [0.2, 0.25) is 0 Å². The Kier molecular flexibility index (Phi) is 10.2. The molecule has 288 valence electrons. The Morgan fingerprint density at radius 2 is 1.75 bits per heavy atom. The van der Waals surface area contributed by atoms with Crippen molar-refractivity contribution in [1.82, 2.24) is 24.3 Å². The summed E-state index contributed by atoms with van der Waals surface area (Å²) in [4.78, 5) is 39.7. The molecule has 2 aliphatic heterocycles. The highest BCUT2D eigenvalue weighted by molar-refractivity contribution is 6.39. The zero-order valence-electron chi connectivity index (χ0n) is 31.6. The van der Waals surface area contributed by atoms with Gasteiger partial charge in [-0.05, 0) is 106 Å². The third-order valence-corrected chi connectivity index (χ3v) is 13.7. The molecule has 0 atom stereocenters. The van der Waals surface area contributed by atoms with Gasteiger partial charge in [-0.15, -0.1) is 0 Å². The Morgan fingerprint density at radius 1 is 1.00 bits per heavy atom. The van der Waals surface area contributed by atoms with E-state index in [2.05, 4.69) is 33.9 Å². The molecule has 2 aliphatic carbocycles. The molecule has 2 bridgehead atoms. The van der Waals surface area contributed by atoms with E-state index in [1.807, 2.05) is 29.8 Å². The molecule has 2 aromatic carbocycles. The minimum absolute atomic E-state index is 0.135. The maximum Gasteiger partial charge on any atom is 0.309 e. The van der Waals surface area contributed by atoms with Crippen molar-refractivity contribution in [3.05, 3.63) is 98.3 Å². The van der Waals surface area contributed by atoms with E-state index in [4.69, 9.17) is 28.2 Å². The molecule has 0 radical (unpaired) electrons. The Balaban J connectivity index is 0.954. The van der Waals surface area contributed by atoms with Gasteiger partial charge in [-0.25, -0.2) is 9.37 Å². The summed E-state index contributed by atoms with van der Waals surface area (Å²) in [6.07, 6.45) is 10.2. The SMILES string of the molecule is CC(C)N1CCc2cc(/C(F)=C/c3cccc(-c4cccc(NC(=O)c5nc6c(n5C)CCN(CCC57CCC(C(=O)O)(CC5)C7)C6)c4Cl)c3Cl)ncc2C1. The number of nitrogens with one attached hydrogen (secondary N) is 1.